The molecule has 2 aromatic rings. The first-order valence-corrected chi connectivity index (χ1v) is 7.05. The lowest BCUT2D eigenvalue weighted by Crippen LogP contribution is -2.40. The fourth-order valence-electron chi connectivity index (χ4n) is 2.33. The third-order valence-corrected chi connectivity index (χ3v) is 3.56. The van der Waals surface area contributed by atoms with E-state index >= 15 is 0 Å². The number of hydrogen-bond donors (Lipinski definition) is 1. The molecule has 3 heterocycles. The Kier molecular flexibility index (Phi) is 4.29. The molecule has 1 aliphatic rings. The molecule has 2 aromatic heterocycles. The maximum Gasteiger partial charge on any atom is 0.407 e. The van der Waals surface area contributed by atoms with Crippen LogP contribution in [-0.4, -0.2) is 50.4 Å². The van der Waals surface area contributed by atoms with Gasteiger partial charge in [0.1, 0.15) is 6.61 Å². The summed E-state index contributed by atoms with van der Waals surface area (Å²) in [6, 6.07) is 3.61. The second-order valence-electron chi connectivity index (χ2n) is 5.03. The molecule has 0 unspecified atom stereocenters. The fraction of sp³-hybridized carbons (Fsp3) is 0.429. The van der Waals surface area contributed by atoms with Crippen molar-refractivity contribution in [2.45, 2.75) is 25.6 Å². The van der Waals surface area contributed by atoms with Gasteiger partial charge in [0.2, 0.25) is 5.82 Å². The Labute approximate surface area is 126 Å². The Bertz CT molecular complexity index is 623. The number of amides is 1. The average molecular weight is 304 g/mol. The minimum Gasteiger partial charge on any atom is -0.465 e. The molecule has 1 N–H and O–H groups in total. The molecule has 116 valence electrons. The standard InChI is InChI=1S/C14H16N4O4/c19-14(20)18-7-3-11(4-8-18)21-9-12-16-13(17-22-12)10-1-5-15-6-2-10/h1-2,5-6,11H,3-4,7-9H2,(H,19,20). The van der Waals surface area contributed by atoms with Crippen molar-refractivity contribution in [1.82, 2.24) is 20.0 Å². The van der Waals surface area contributed by atoms with Crippen molar-refractivity contribution >= 4 is 6.09 Å². The van der Waals surface area contributed by atoms with E-state index in [1.807, 2.05) is 0 Å². The Balaban J connectivity index is 1.51. The van der Waals surface area contributed by atoms with Crippen LogP contribution >= 0.6 is 0 Å². The van der Waals surface area contributed by atoms with Crippen molar-refractivity contribution in [2.24, 2.45) is 0 Å². The van der Waals surface area contributed by atoms with Crippen molar-refractivity contribution < 1.29 is 19.2 Å². The molecule has 0 radical (unpaired) electrons. The molecule has 3 rings (SSSR count). The highest BCUT2D eigenvalue weighted by atomic mass is 16.5. The van der Waals surface area contributed by atoms with Crippen molar-refractivity contribution in [1.29, 1.82) is 0 Å². The first kappa shape index (κ1) is 14.5. The summed E-state index contributed by atoms with van der Waals surface area (Å²) in [7, 11) is 0. The quantitative estimate of drug-likeness (QED) is 0.918. The zero-order valence-corrected chi connectivity index (χ0v) is 11.9. The summed E-state index contributed by atoms with van der Waals surface area (Å²) in [5.74, 6) is 0.911. The van der Waals surface area contributed by atoms with Gasteiger partial charge in [-0.3, -0.25) is 4.98 Å². The van der Waals surface area contributed by atoms with Crippen molar-refractivity contribution in [3.63, 3.8) is 0 Å². The van der Waals surface area contributed by atoms with E-state index in [9.17, 15) is 4.79 Å². The number of likely N-dealkylation sites (tertiary alicyclic amines) is 1. The normalized spacial score (nSPS) is 15.9. The third kappa shape index (κ3) is 3.40. The van der Waals surface area contributed by atoms with Crippen LogP contribution in [0.4, 0.5) is 4.79 Å². The molecule has 22 heavy (non-hydrogen) atoms. The van der Waals surface area contributed by atoms with Crippen molar-refractivity contribution in [2.75, 3.05) is 13.1 Å². The van der Waals surface area contributed by atoms with Crippen LogP contribution in [0.1, 0.15) is 18.7 Å². The topological polar surface area (TPSA) is 102 Å². The molecule has 0 bridgehead atoms. The second kappa shape index (κ2) is 6.52. The van der Waals surface area contributed by atoms with Gasteiger partial charge < -0.3 is 19.3 Å². The monoisotopic (exact) mass is 304 g/mol. The van der Waals surface area contributed by atoms with Crippen LogP contribution in [0.5, 0.6) is 0 Å². The van der Waals surface area contributed by atoms with Gasteiger partial charge >= 0.3 is 6.09 Å². The molecule has 8 heteroatoms. The number of nitrogens with zero attached hydrogens (tertiary/aromatic N) is 4. The highest BCUT2D eigenvalue weighted by molar-refractivity contribution is 5.65. The minimum absolute atomic E-state index is 0.0203. The van der Waals surface area contributed by atoms with Crippen molar-refractivity contribution in [3.05, 3.63) is 30.4 Å². The van der Waals surface area contributed by atoms with Crippen LogP contribution in [0.25, 0.3) is 11.4 Å². The van der Waals surface area contributed by atoms with E-state index in [0.717, 1.165) is 5.56 Å². The molecule has 0 saturated carbocycles. The molecule has 0 atom stereocenters. The zero-order valence-electron chi connectivity index (χ0n) is 11.9. The number of hydrogen-bond acceptors (Lipinski definition) is 6. The molecule has 1 fully saturated rings. The van der Waals surface area contributed by atoms with Crippen LogP contribution in [-0.2, 0) is 11.3 Å². The van der Waals surface area contributed by atoms with Gasteiger partial charge in [0.15, 0.2) is 0 Å². The molecular formula is C14H16N4O4. The van der Waals surface area contributed by atoms with Gasteiger partial charge in [0, 0.05) is 31.0 Å². The van der Waals surface area contributed by atoms with E-state index in [-0.39, 0.29) is 12.7 Å². The number of carbonyl (C=O) groups is 1. The molecule has 0 aliphatic carbocycles. The highest BCUT2D eigenvalue weighted by Gasteiger charge is 2.23. The van der Waals surface area contributed by atoms with E-state index in [4.69, 9.17) is 14.4 Å². The predicted molar refractivity (Wildman–Crippen MR) is 74.9 cm³/mol. The van der Waals surface area contributed by atoms with Gasteiger partial charge in [0.25, 0.3) is 5.89 Å². The first-order valence-electron chi connectivity index (χ1n) is 7.05. The van der Waals surface area contributed by atoms with Gasteiger partial charge in [-0.05, 0) is 25.0 Å². The third-order valence-electron chi connectivity index (χ3n) is 3.56. The second-order valence-corrected chi connectivity index (χ2v) is 5.03. The van der Waals surface area contributed by atoms with Gasteiger partial charge in [0.05, 0.1) is 6.10 Å². The number of carboxylic acid groups (broad SMARTS) is 1. The number of ether oxygens (including phenoxy) is 1. The van der Waals surface area contributed by atoms with E-state index in [0.29, 0.717) is 37.6 Å². The number of rotatable bonds is 4. The van der Waals surface area contributed by atoms with Crippen LogP contribution in [0.15, 0.2) is 29.0 Å². The fourth-order valence-corrected chi connectivity index (χ4v) is 2.33. The predicted octanol–water partition coefficient (Wildman–Crippen LogP) is 1.79. The lowest BCUT2D eigenvalue weighted by molar-refractivity contribution is -0.00953. The Morgan fingerprint density at radius 3 is 2.77 bits per heavy atom. The van der Waals surface area contributed by atoms with E-state index < -0.39 is 6.09 Å². The molecule has 1 amide bonds. The zero-order chi connectivity index (χ0) is 15.4. The Morgan fingerprint density at radius 1 is 1.36 bits per heavy atom. The summed E-state index contributed by atoms with van der Waals surface area (Å²) in [6.45, 7) is 1.22. The molecule has 1 aliphatic heterocycles. The summed E-state index contributed by atoms with van der Waals surface area (Å²) in [6.07, 6.45) is 3.83. The number of pyridine rings is 1. The number of piperidine rings is 1. The summed E-state index contributed by atoms with van der Waals surface area (Å²) < 4.78 is 10.9. The molecular weight excluding hydrogens is 288 g/mol. The smallest absolute Gasteiger partial charge is 0.407 e. The first-order chi connectivity index (χ1) is 10.7. The largest absolute Gasteiger partial charge is 0.465 e. The summed E-state index contributed by atoms with van der Waals surface area (Å²) in [5, 5.41) is 12.8. The van der Waals surface area contributed by atoms with Crippen LogP contribution in [0.2, 0.25) is 0 Å². The minimum atomic E-state index is -0.877. The Morgan fingerprint density at radius 2 is 2.09 bits per heavy atom. The molecule has 0 spiro atoms. The molecule has 8 nitrogen and oxygen atoms in total. The number of aromatic nitrogens is 3. The molecule has 0 aromatic carbocycles. The highest BCUT2D eigenvalue weighted by Crippen LogP contribution is 2.17. The summed E-state index contributed by atoms with van der Waals surface area (Å²) in [4.78, 5) is 20.4. The van der Waals surface area contributed by atoms with E-state index in [1.54, 1.807) is 24.5 Å². The maximum atomic E-state index is 10.8. The van der Waals surface area contributed by atoms with Crippen LogP contribution in [0.3, 0.4) is 0 Å². The Hall–Kier alpha value is -2.48. The lowest BCUT2D eigenvalue weighted by atomic mass is 10.1. The summed E-state index contributed by atoms with van der Waals surface area (Å²) in [5.41, 5.74) is 0.833. The van der Waals surface area contributed by atoms with Crippen molar-refractivity contribution in [3.8, 4) is 11.4 Å². The lowest BCUT2D eigenvalue weighted by Gasteiger charge is -2.29. The SMILES string of the molecule is O=C(O)N1CCC(OCc2nc(-c3ccncc3)no2)CC1. The average Bonchev–Trinajstić information content (AvgIpc) is 3.03. The van der Waals surface area contributed by atoms with Crippen LogP contribution < -0.4 is 0 Å². The van der Waals surface area contributed by atoms with Gasteiger partial charge in [-0.15, -0.1) is 0 Å². The molecule has 1 saturated heterocycles. The summed E-state index contributed by atoms with van der Waals surface area (Å²) >= 11 is 0. The van der Waals surface area contributed by atoms with Gasteiger partial charge in [-0.25, -0.2) is 4.79 Å². The van der Waals surface area contributed by atoms with E-state index in [2.05, 4.69) is 15.1 Å². The van der Waals surface area contributed by atoms with Gasteiger partial charge in [-0.1, -0.05) is 5.16 Å². The van der Waals surface area contributed by atoms with Crippen LogP contribution in [0, 0.1) is 0 Å². The van der Waals surface area contributed by atoms with Gasteiger partial charge in [-0.2, -0.15) is 4.98 Å². The van der Waals surface area contributed by atoms with E-state index in [1.165, 1.54) is 4.90 Å². The maximum absolute atomic E-state index is 10.8.